The van der Waals surface area contributed by atoms with E-state index >= 15 is 0 Å². The maximum Gasteiger partial charge on any atom is 0.335 e. The van der Waals surface area contributed by atoms with Crippen molar-refractivity contribution >= 4 is 5.97 Å². The summed E-state index contributed by atoms with van der Waals surface area (Å²) in [7, 11) is 1.95. The minimum absolute atomic E-state index is 0.0432. The van der Waals surface area contributed by atoms with E-state index in [-0.39, 0.29) is 24.4 Å². The molecule has 140 valence electrons. The molecule has 0 radical (unpaired) electrons. The lowest BCUT2D eigenvalue weighted by Gasteiger charge is -2.34. The number of H-pyrrole nitrogens is 1. The number of rotatable bonds is 6. The topological polar surface area (TPSA) is 82.1 Å². The van der Waals surface area contributed by atoms with Gasteiger partial charge in [-0.25, -0.2) is 18.6 Å². The molecule has 1 saturated carbocycles. The Morgan fingerprint density at radius 2 is 2.12 bits per heavy atom. The Labute approximate surface area is 150 Å². The molecule has 6 nitrogen and oxygen atoms in total. The van der Waals surface area contributed by atoms with Gasteiger partial charge in [0, 0.05) is 38.0 Å². The van der Waals surface area contributed by atoms with E-state index in [1.807, 2.05) is 7.05 Å². The highest BCUT2D eigenvalue weighted by Crippen LogP contribution is 2.34. The van der Waals surface area contributed by atoms with E-state index in [1.54, 1.807) is 6.20 Å². The zero-order valence-electron chi connectivity index (χ0n) is 14.6. The van der Waals surface area contributed by atoms with Crippen LogP contribution in [0.15, 0.2) is 24.5 Å². The highest BCUT2D eigenvalue weighted by molar-refractivity contribution is 5.88. The van der Waals surface area contributed by atoms with E-state index in [2.05, 4.69) is 19.9 Å². The molecule has 0 atom stereocenters. The first-order valence-electron chi connectivity index (χ1n) is 8.66. The summed E-state index contributed by atoms with van der Waals surface area (Å²) >= 11 is 0. The monoisotopic (exact) mass is 364 g/mol. The van der Waals surface area contributed by atoms with Crippen molar-refractivity contribution in [2.24, 2.45) is 0 Å². The fourth-order valence-corrected chi connectivity index (χ4v) is 3.26. The number of nitrogens with one attached hydrogen (secondary N) is 1. The molecule has 0 unspecified atom stereocenters. The summed E-state index contributed by atoms with van der Waals surface area (Å²) < 4.78 is 26.5. The number of carboxylic acids is 1. The lowest BCUT2D eigenvalue weighted by molar-refractivity contribution is -0.0511. The molecule has 1 fully saturated rings. The molecule has 2 aromatic rings. The first kappa shape index (κ1) is 18.4. The summed E-state index contributed by atoms with van der Waals surface area (Å²) in [6, 6.07) is 3.11. The number of imidazole rings is 1. The van der Waals surface area contributed by atoms with E-state index in [0.717, 1.165) is 5.82 Å². The molecule has 0 aliphatic heterocycles. The van der Waals surface area contributed by atoms with Crippen LogP contribution in [0.25, 0.3) is 11.4 Å². The fraction of sp³-hybridized carbons (Fsp3) is 0.500. The third kappa shape index (κ3) is 4.43. The van der Waals surface area contributed by atoms with E-state index in [0.29, 0.717) is 37.2 Å². The van der Waals surface area contributed by atoms with Crippen LogP contribution in [0.1, 0.15) is 41.9 Å². The number of hydrogen-bond donors (Lipinski definition) is 2. The summed E-state index contributed by atoms with van der Waals surface area (Å²) in [5.74, 6) is -2.76. The molecule has 3 rings (SSSR count). The predicted octanol–water partition coefficient (Wildman–Crippen LogP) is 3.22. The van der Waals surface area contributed by atoms with Gasteiger partial charge in [0.25, 0.3) is 0 Å². The maximum atomic E-state index is 13.3. The van der Waals surface area contributed by atoms with Crippen LogP contribution in [0.2, 0.25) is 0 Å². The van der Waals surface area contributed by atoms with E-state index in [4.69, 9.17) is 5.11 Å². The van der Waals surface area contributed by atoms with Crippen LogP contribution in [0.4, 0.5) is 8.78 Å². The number of aromatic amines is 1. The Balaban J connectivity index is 1.57. The Morgan fingerprint density at radius 1 is 1.38 bits per heavy atom. The van der Waals surface area contributed by atoms with E-state index in [1.165, 1.54) is 18.3 Å². The molecule has 2 N–H and O–H groups in total. The van der Waals surface area contributed by atoms with Crippen molar-refractivity contribution in [1.29, 1.82) is 0 Å². The molecule has 0 amide bonds. The number of aromatic carboxylic acids is 1. The van der Waals surface area contributed by atoms with Crippen LogP contribution < -0.4 is 0 Å². The summed E-state index contributed by atoms with van der Waals surface area (Å²) in [6.07, 6.45) is 4.67. The fourth-order valence-electron chi connectivity index (χ4n) is 3.26. The first-order valence-corrected chi connectivity index (χ1v) is 8.66. The van der Waals surface area contributed by atoms with Gasteiger partial charge in [-0.3, -0.25) is 4.98 Å². The van der Waals surface area contributed by atoms with Crippen LogP contribution in [0.5, 0.6) is 0 Å². The van der Waals surface area contributed by atoms with Crippen molar-refractivity contribution in [2.45, 2.75) is 44.1 Å². The third-order valence-electron chi connectivity index (χ3n) is 4.92. The molecular formula is C18H22F2N4O2. The number of hydrogen-bond acceptors (Lipinski definition) is 4. The van der Waals surface area contributed by atoms with Crippen molar-refractivity contribution < 1.29 is 18.7 Å². The molecule has 2 aromatic heterocycles. The van der Waals surface area contributed by atoms with Gasteiger partial charge in [-0.2, -0.15) is 0 Å². The Bertz CT molecular complexity index is 768. The number of alkyl halides is 2. The quantitative estimate of drug-likeness (QED) is 0.822. The number of carboxylic acid groups (broad SMARTS) is 1. The first-order chi connectivity index (χ1) is 12.3. The molecule has 0 saturated heterocycles. The van der Waals surface area contributed by atoms with Gasteiger partial charge in [0.1, 0.15) is 5.82 Å². The zero-order chi connectivity index (χ0) is 18.7. The van der Waals surface area contributed by atoms with E-state index in [9.17, 15) is 13.6 Å². The second-order valence-electron chi connectivity index (χ2n) is 6.80. The maximum absolute atomic E-state index is 13.3. The molecule has 0 aromatic carbocycles. The molecule has 1 aliphatic carbocycles. The molecule has 0 bridgehead atoms. The van der Waals surface area contributed by atoms with Gasteiger partial charge < -0.3 is 15.0 Å². The average Bonchev–Trinajstić information content (AvgIpc) is 3.09. The number of nitrogens with zero attached hydrogens (tertiary/aromatic N) is 3. The van der Waals surface area contributed by atoms with Gasteiger partial charge in [0.15, 0.2) is 0 Å². The third-order valence-corrected chi connectivity index (χ3v) is 4.92. The molecule has 26 heavy (non-hydrogen) atoms. The molecule has 1 aliphatic rings. The zero-order valence-corrected chi connectivity index (χ0v) is 14.6. The summed E-state index contributed by atoms with van der Waals surface area (Å²) in [5, 5.41) is 9.06. The van der Waals surface area contributed by atoms with E-state index < -0.39 is 11.9 Å². The van der Waals surface area contributed by atoms with Crippen LogP contribution >= 0.6 is 0 Å². The highest BCUT2D eigenvalue weighted by atomic mass is 19.3. The highest BCUT2D eigenvalue weighted by Gasteiger charge is 2.35. The normalized spacial score (nSPS) is 17.5. The van der Waals surface area contributed by atoms with Gasteiger partial charge in [0.05, 0.1) is 23.1 Å². The minimum atomic E-state index is -2.51. The van der Waals surface area contributed by atoms with Crippen molar-refractivity contribution in [1.82, 2.24) is 19.9 Å². The van der Waals surface area contributed by atoms with Gasteiger partial charge >= 0.3 is 5.97 Å². The second-order valence-corrected chi connectivity index (χ2v) is 6.80. The number of aromatic nitrogens is 3. The van der Waals surface area contributed by atoms with Gasteiger partial charge in [-0.1, -0.05) is 0 Å². The standard InChI is InChI=1S/C18H22F2N4O2/c1-24(13-2-6-18(19,20)7-3-13)9-5-16-22-11-15(23-16)14-10-12(17(25)26)4-8-21-14/h4,8,10-11,13H,2-3,5-7,9H2,1H3,(H,22,23)(H,25,26). The van der Waals surface area contributed by atoms with Gasteiger partial charge in [-0.05, 0) is 32.0 Å². The van der Waals surface area contributed by atoms with Crippen molar-refractivity contribution in [3.8, 4) is 11.4 Å². The number of carbonyl (C=O) groups is 1. The number of pyridine rings is 1. The van der Waals surface area contributed by atoms with Crippen LogP contribution in [0, 0.1) is 0 Å². The Hall–Kier alpha value is -2.35. The van der Waals surface area contributed by atoms with Crippen LogP contribution in [-0.4, -0.2) is 56.5 Å². The summed E-state index contributed by atoms with van der Waals surface area (Å²) in [4.78, 5) is 24.8. The summed E-state index contributed by atoms with van der Waals surface area (Å²) in [5.41, 5.74) is 1.34. The lowest BCUT2D eigenvalue weighted by atomic mass is 9.91. The van der Waals surface area contributed by atoms with Crippen LogP contribution in [0.3, 0.4) is 0 Å². The molecular weight excluding hydrogens is 342 g/mol. The number of halogens is 2. The smallest absolute Gasteiger partial charge is 0.335 e. The van der Waals surface area contributed by atoms with Crippen LogP contribution in [-0.2, 0) is 6.42 Å². The molecule has 8 heteroatoms. The van der Waals surface area contributed by atoms with Crippen molar-refractivity contribution in [3.05, 3.63) is 35.9 Å². The lowest BCUT2D eigenvalue weighted by Crippen LogP contribution is -2.39. The largest absolute Gasteiger partial charge is 0.478 e. The van der Waals surface area contributed by atoms with Gasteiger partial charge in [-0.15, -0.1) is 0 Å². The average molecular weight is 364 g/mol. The Morgan fingerprint density at radius 3 is 2.81 bits per heavy atom. The molecule has 0 spiro atoms. The SMILES string of the molecule is CN(CCc1ncc(-c2cc(C(=O)O)ccn2)[nH]1)C1CCC(F)(F)CC1. The summed E-state index contributed by atoms with van der Waals surface area (Å²) in [6.45, 7) is 0.714. The second kappa shape index (κ2) is 7.49. The molecule has 2 heterocycles. The predicted molar refractivity (Wildman–Crippen MR) is 92.3 cm³/mol. The Kier molecular flexibility index (Phi) is 5.31. The number of likely N-dealkylation sites (N-methyl/N-ethyl adjacent to an activating group) is 1. The van der Waals surface area contributed by atoms with Gasteiger partial charge in [0.2, 0.25) is 5.92 Å². The van der Waals surface area contributed by atoms with Crippen molar-refractivity contribution in [2.75, 3.05) is 13.6 Å². The van der Waals surface area contributed by atoms with Crippen molar-refractivity contribution in [3.63, 3.8) is 0 Å². The minimum Gasteiger partial charge on any atom is -0.478 e.